The van der Waals surface area contributed by atoms with Gasteiger partial charge in [-0.05, 0) is 40.5 Å². The summed E-state index contributed by atoms with van der Waals surface area (Å²) in [5, 5.41) is 2.52. The molecule has 0 amide bonds. The minimum atomic E-state index is -0.0266. The molecule has 3 aromatic rings. The van der Waals surface area contributed by atoms with Gasteiger partial charge in [0.25, 0.3) is 0 Å². The molecule has 2 heteroatoms. The Kier molecular flexibility index (Phi) is 3.89. The summed E-state index contributed by atoms with van der Waals surface area (Å²) >= 11 is 0. The Bertz CT molecular complexity index is 751. The van der Waals surface area contributed by atoms with E-state index in [0.717, 1.165) is 17.7 Å². The molecule has 0 radical (unpaired) electrons. The van der Waals surface area contributed by atoms with E-state index < -0.39 is 0 Å². The zero-order chi connectivity index (χ0) is 14.7. The smallest absolute Gasteiger partial charge is 0.119 e. The molecular formula is C19H19NO. The molecule has 0 aliphatic carbocycles. The number of fused-ring (bicyclic) bond motifs is 1. The molecule has 0 bridgehead atoms. The van der Waals surface area contributed by atoms with Crippen molar-refractivity contribution in [1.29, 1.82) is 0 Å². The maximum Gasteiger partial charge on any atom is 0.119 e. The zero-order valence-corrected chi connectivity index (χ0v) is 12.1. The van der Waals surface area contributed by atoms with Crippen LogP contribution < -0.4 is 10.5 Å². The molecule has 106 valence electrons. The van der Waals surface area contributed by atoms with Crippen molar-refractivity contribution in [3.63, 3.8) is 0 Å². The van der Waals surface area contributed by atoms with Crippen molar-refractivity contribution in [2.45, 2.75) is 12.5 Å². The molecule has 0 heterocycles. The van der Waals surface area contributed by atoms with Crippen molar-refractivity contribution in [1.82, 2.24) is 0 Å². The molecule has 0 spiro atoms. The maximum absolute atomic E-state index is 6.34. The molecule has 3 rings (SSSR count). The van der Waals surface area contributed by atoms with Crippen molar-refractivity contribution in [3.05, 3.63) is 77.9 Å². The first-order valence-electron chi connectivity index (χ1n) is 7.13. The second-order valence-corrected chi connectivity index (χ2v) is 5.27. The van der Waals surface area contributed by atoms with Crippen LogP contribution in [0.25, 0.3) is 10.8 Å². The van der Waals surface area contributed by atoms with Gasteiger partial charge in [0.2, 0.25) is 0 Å². The second-order valence-electron chi connectivity index (χ2n) is 5.27. The Hall–Kier alpha value is -2.32. The average molecular weight is 277 g/mol. The highest BCUT2D eigenvalue weighted by Crippen LogP contribution is 2.22. The van der Waals surface area contributed by atoms with Crippen LogP contribution in [0.3, 0.4) is 0 Å². The second kappa shape index (κ2) is 5.98. The Labute approximate surface area is 125 Å². The van der Waals surface area contributed by atoms with Gasteiger partial charge in [0.1, 0.15) is 5.75 Å². The Morgan fingerprint density at radius 3 is 2.52 bits per heavy atom. The van der Waals surface area contributed by atoms with Gasteiger partial charge < -0.3 is 10.5 Å². The van der Waals surface area contributed by atoms with E-state index >= 15 is 0 Å². The molecule has 0 saturated carbocycles. The van der Waals surface area contributed by atoms with Gasteiger partial charge in [0.15, 0.2) is 0 Å². The van der Waals surface area contributed by atoms with E-state index in [2.05, 4.69) is 42.5 Å². The standard InChI is InChI=1S/C19H19NO/c1-21-18-8-4-7-17(13-18)19(20)12-14-9-10-15-5-2-3-6-16(15)11-14/h2-11,13,19H,12,20H2,1H3. The van der Waals surface area contributed by atoms with Crippen LogP contribution in [-0.4, -0.2) is 7.11 Å². The summed E-state index contributed by atoms with van der Waals surface area (Å²) in [6, 6.07) is 22.9. The molecule has 2 nitrogen and oxygen atoms in total. The largest absolute Gasteiger partial charge is 0.497 e. The van der Waals surface area contributed by atoms with Crippen LogP contribution in [0.5, 0.6) is 5.75 Å². The average Bonchev–Trinajstić information content (AvgIpc) is 2.54. The summed E-state index contributed by atoms with van der Waals surface area (Å²) in [5.74, 6) is 0.849. The summed E-state index contributed by atoms with van der Waals surface area (Å²) in [7, 11) is 1.67. The summed E-state index contributed by atoms with van der Waals surface area (Å²) in [6.45, 7) is 0. The lowest BCUT2D eigenvalue weighted by Gasteiger charge is -2.13. The van der Waals surface area contributed by atoms with Crippen LogP contribution in [0.15, 0.2) is 66.7 Å². The van der Waals surface area contributed by atoms with Gasteiger partial charge in [0, 0.05) is 6.04 Å². The molecular weight excluding hydrogens is 258 g/mol. The quantitative estimate of drug-likeness (QED) is 0.779. The summed E-state index contributed by atoms with van der Waals surface area (Å²) < 4.78 is 5.26. The van der Waals surface area contributed by atoms with Gasteiger partial charge in [-0.3, -0.25) is 0 Å². The van der Waals surface area contributed by atoms with Gasteiger partial charge in [0.05, 0.1) is 7.11 Å². The Balaban J connectivity index is 1.83. The number of benzene rings is 3. The van der Waals surface area contributed by atoms with Gasteiger partial charge in [-0.1, -0.05) is 54.6 Å². The third kappa shape index (κ3) is 3.06. The van der Waals surface area contributed by atoms with E-state index in [9.17, 15) is 0 Å². The Morgan fingerprint density at radius 1 is 0.905 bits per heavy atom. The third-order valence-corrected chi connectivity index (χ3v) is 3.79. The molecule has 0 aliphatic rings. The van der Waals surface area contributed by atoms with Gasteiger partial charge in [-0.2, -0.15) is 0 Å². The van der Waals surface area contributed by atoms with Gasteiger partial charge in [-0.25, -0.2) is 0 Å². The van der Waals surface area contributed by atoms with Crippen LogP contribution in [0, 0.1) is 0 Å². The van der Waals surface area contributed by atoms with Crippen LogP contribution in [-0.2, 0) is 6.42 Å². The van der Waals surface area contributed by atoms with E-state index in [1.165, 1.54) is 16.3 Å². The fraction of sp³-hybridized carbons (Fsp3) is 0.158. The number of methoxy groups -OCH3 is 1. The first-order chi connectivity index (χ1) is 10.3. The van der Waals surface area contributed by atoms with Crippen LogP contribution in [0.2, 0.25) is 0 Å². The van der Waals surface area contributed by atoms with E-state index in [0.29, 0.717) is 0 Å². The van der Waals surface area contributed by atoms with Crippen molar-refractivity contribution >= 4 is 10.8 Å². The molecule has 0 saturated heterocycles. The van der Waals surface area contributed by atoms with Crippen LogP contribution in [0.4, 0.5) is 0 Å². The number of rotatable bonds is 4. The lowest BCUT2D eigenvalue weighted by molar-refractivity contribution is 0.414. The highest BCUT2D eigenvalue weighted by molar-refractivity contribution is 5.83. The first kappa shape index (κ1) is 13.7. The van der Waals surface area contributed by atoms with Crippen LogP contribution >= 0.6 is 0 Å². The van der Waals surface area contributed by atoms with Crippen LogP contribution in [0.1, 0.15) is 17.2 Å². The summed E-state index contributed by atoms with van der Waals surface area (Å²) in [6.07, 6.45) is 0.817. The minimum Gasteiger partial charge on any atom is -0.497 e. The summed E-state index contributed by atoms with van der Waals surface area (Å²) in [4.78, 5) is 0. The molecule has 1 unspecified atom stereocenters. The van der Waals surface area contributed by atoms with E-state index in [1.807, 2.05) is 24.3 Å². The number of hydrogen-bond acceptors (Lipinski definition) is 2. The van der Waals surface area contributed by atoms with Crippen molar-refractivity contribution in [3.8, 4) is 5.75 Å². The van der Waals surface area contributed by atoms with Gasteiger partial charge >= 0.3 is 0 Å². The maximum atomic E-state index is 6.34. The predicted octanol–water partition coefficient (Wildman–Crippen LogP) is 4.09. The first-order valence-corrected chi connectivity index (χ1v) is 7.13. The summed E-state index contributed by atoms with van der Waals surface area (Å²) in [5.41, 5.74) is 8.69. The molecule has 21 heavy (non-hydrogen) atoms. The number of hydrogen-bond donors (Lipinski definition) is 1. The molecule has 2 N–H and O–H groups in total. The Morgan fingerprint density at radius 2 is 1.71 bits per heavy atom. The zero-order valence-electron chi connectivity index (χ0n) is 12.1. The molecule has 0 aliphatic heterocycles. The highest BCUT2D eigenvalue weighted by atomic mass is 16.5. The molecule has 0 fully saturated rings. The number of nitrogens with two attached hydrogens (primary N) is 1. The van der Waals surface area contributed by atoms with Crippen molar-refractivity contribution in [2.75, 3.05) is 7.11 Å². The monoisotopic (exact) mass is 277 g/mol. The predicted molar refractivity (Wildman–Crippen MR) is 87.6 cm³/mol. The normalized spacial score (nSPS) is 12.3. The lowest BCUT2D eigenvalue weighted by atomic mass is 9.97. The van der Waals surface area contributed by atoms with Gasteiger partial charge in [-0.15, -0.1) is 0 Å². The minimum absolute atomic E-state index is 0.0266. The van der Waals surface area contributed by atoms with Crippen molar-refractivity contribution < 1.29 is 4.74 Å². The topological polar surface area (TPSA) is 35.2 Å². The SMILES string of the molecule is COc1cccc(C(N)Cc2ccc3ccccc3c2)c1. The lowest BCUT2D eigenvalue weighted by Crippen LogP contribution is -2.13. The molecule has 1 atom stereocenters. The third-order valence-electron chi connectivity index (χ3n) is 3.79. The number of ether oxygens (including phenoxy) is 1. The fourth-order valence-corrected chi connectivity index (χ4v) is 2.61. The van der Waals surface area contributed by atoms with E-state index in [4.69, 9.17) is 10.5 Å². The van der Waals surface area contributed by atoms with E-state index in [1.54, 1.807) is 7.11 Å². The van der Waals surface area contributed by atoms with Crippen molar-refractivity contribution in [2.24, 2.45) is 5.73 Å². The molecule has 3 aromatic carbocycles. The van der Waals surface area contributed by atoms with E-state index in [-0.39, 0.29) is 6.04 Å². The fourth-order valence-electron chi connectivity index (χ4n) is 2.61. The molecule has 0 aromatic heterocycles. The highest BCUT2D eigenvalue weighted by Gasteiger charge is 2.08.